The predicted octanol–water partition coefficient (Wildman–Crippen LogP) is 5.07. The second-order valence-corrected chi connectivity index (χ2v) is 5.50. The van der Waals surface area contributed by atoms with Crippen molar-refractivity contribution in [1.29, 1.82) is 0 Å². The molecule has 2 aromatic carbocycles. The van der Waals surface area contributed by atoms with Crippen LogP contribution >= 0.6 is 23.2 Å². The Labute approximate surface area is 148 Å². The Morgan fingerprint density at radius 2 is 1.80 bits per heavy atom. The Morgan fingerprint density at radius 1 is 1.20 bits per heavy atom. The summed E-state index contributed by atoms with van der Waals surface area (Å²) >= 11 is 11.5. The van der Waals surface area contributed by atoms with Crippen LogP contribution in [0, 0.1) is 10.1 Å². The number of nitro groups is 1. The van der Waals surface area contributed by atoms with Crippen LogP contribution in [0.25, 0.3) is 0 Å². The third kappa shape index (κ3) is 4.52. The average Bonchev–Trinajstić information content (AvgIpc) is 2.51. The number of phenolic OH excluding ortho intramolecular Hbond substituents is 1. The van der Waals surface area contributed by atoms with E-state index in [2.05, 4.69) is 10.5 Å². The van der Waals surface area contributed by atoms with Crippen LogP contribution in [0.4, 0.5) is 24.5 Å². The third-order valence-electron chi connectivity index (χ3n) is 2.96. The highest BCUT2D eigenvalue weighted by molar-refractivity contribution is 6.37. The number of rotatable bonds is 4. The first kappa shape index (κ1) is 18.8. The van der Waals surface area contributed by atoms with E-state index in [1.54, 1.807) is 0 Å². The van der Waals surface area contributed by atoms with Crippen LogP contribution in [0.15, 0.2) is 35.4 Å². The largest absolute Gasteiger partial charge is 0.505 e. The Morgan fingerprint density at radius 3 is 2.32 bits per heavy atom. The van der Waals surface area contributed by atoms with E-state index >= 15 is 0 Å². The Hall–Kier alpha value is -2.52. The number of benzene rings is 2. The summed E-state index contributed by atoms with van der Waals surface area (Å²) in [6, 6.07) is 4.66. The topological polar surface area (TPSA) is 87.8 Å². The van der Waals surface area contributed by atoms with Gasteiger partial charge in [-0.25, -0.2) is 0 Å². The fraction of sp³-hybridized carbons (Fsp3) is 0.0714. The van der Waals surface area contributed by atoms with Crippen molar-refractivity contribution in [3.8, 4) is 5.75 Å². The van der Waals surface area contributed by atoms with E-state index in [1.807, 2.05) is 0 Å². The fourth-order valence-corrected chi connectivity index (χ4v) is 2.29. The Bertz CT molecular complexity index is 834. The lowest BCUT2D eigenvalue weighted by Gasteiger charge is -2.08. The van der Waals surface area contributed by atoms with E-state index in [-0.39, 0.29) is 21.5 Å². The standard InChI is InChI=1S/C14H8Cl2F3N3O3/c15-9-3-7(4-10(16)13(9)23)6-20-21-11-2-1-8(14(17,18)19)5-12(11)22(24)25/h1-6,21,23H/b20-6-. The summed E-state index contributed by atoms with van der Waals surface area (Å²) in [5, 5.41) is 24.0. The molecule has 0 fully saturated rings. The van der Waals surface area contributed by atoms with E-state index in [0.29, 0.717) is 17.7 Å². The molecule has 0 aromatic heterocycles. The minimum atomic E-state index is -4.70. The van der Waals surface area contributed by atoms with Crippen molar-refractivity contribution in [3.05, 3.63) is 61.6 Å². The van der Waals surface area contributed by atoms with Crippen molar-refractivity contribution in [1.82, 2.24) is 0 Å². The van der Waals surface area contributed by atoms with Gasteiger partial charge >= 0.3 is 6.18 Å². The molecule has 0 bridgehead atoms. The maximum atomic E-state index is 12.6. The first-order valence-electron chi connectivity index (χ1n) is 6.42. The molecule has 0 radical (unpaired) electrons. The smallest absolute Gasteiger partial charge is 0.416 e. The van der Waals surface area contributed by atoms with Crippen LogP contribution in [0.2, 0.25) is 10.0 Å². The molecular formula is C14H8Cl2F3N3O3. The van der Waals surface area contributed by atoms with Gasteiger partial charge in [0.05, 0.1) is 26.7 Å². The van der Waals surface area contributed by atoms with Gasteiger partial charge in [-0.1, -0.05) is 23.2 Å². The Kier molecular flexibility index (Phi) is 5.39. The van der Waals surface area contributed by atoms with Crippen molar-refractivity contribution >= 4 is 40.8 Å². The number of anilines is 1. The lowest BCUT2D eigenvalue weighted by molar-refractivity contribution is -0.384. The van der Waals surface area contributed by atoms with Gasteiger partial charge in [0, 0.05) is 6.07 Å². The molecular weight excluding hydrogens is 386 g/mol. The molecule has 6 nitrogen and oxygen atoms in total. The minimum Gasteiger partial charge on any atom is -0.505 e. The van der Waals surface area contributed by atoms with Crippen molar-refractivity contribution in [2.24, 2.45) is 5.10 Å². The number of nitro benzene ring substituents is 1. The first-order valence-corrected chi connectivity index (χ1v) is 7.18. The highest BCUT2D eigenvalue weighted by Crippen LogP contribution is 2.35. The predicted molar refractivity (Wildman–Crippen MR) is 87.4 cm³/mol. The normalized spacial score (nSPS) is 11.7. The van der Waals surface area contributed by atoms with Crippen LogP contribution in [0.3, 0.4) is 0 Å². The van der Waals surface area contributed by atoms with E-state index in [9.17, 15) is 28.4 Å². The molecule has 11 heteroatoms. The minimum absolute atomic E-state index is 0.0329. The summed E-state index contributed by atoms with van der Waals surface area (Å²) in [7, 11) is 0. The zero-order valence-electron chi connectivity index (χ0n) is 12.0. The average molecular weight is 394 g/mol. The van der Waals surface area contributed by atoms with Crippen molar-refractivity contribution in [2.75, 3.05) is 5.43 Å². The number of phenols is 1. The maximum Gasteiger partial charge on any atom is 0.416 e. The van der Waals surface area contributed by atoms with Gasteiger partial charge in [-0.15, -0.1) is 0 Å². The van der Waals surface area contributed by atoms with Gasteiger partial charge in [-0.2, -0.15) is 18.3 Å². The Balaban J connectivity index is 2.27. The summed E-state index contributed by atoms with van der Waals surface area (Å²) in [6.07, 6.45) is -3.52. The number of halogens is 5. The molecule has 0 saturated carbocycles. The number of nitrogens with one attached hydrogen (secondary N) is 1. The highest BCUT2D eigenvalue weighted by Gasteiger charge is 2.33. The van der Waals surface area contributed by atoms with E-state index in [4.69, 9.17) is 23.2 Å². The van der Waals surface area contributed by atoms with Crippen LogP contribution in [-0.2, 0) is 6.18 Å². The van der Waals surface area contributed by atoms with Gasteiger partial charge in [0.25, 0.3) is 5.69 Å². The summed E-state index contributed by atoms with van der Waals surface area (Å²) in [6.45, 7) is 0. The molecule has 0 amide bonds. The quantitative estimate of drug-likeness (QED) is 0.431. The number of nitrogens with zero attached hydrogens (tertiary/aromatic N) is 2. The lowest BCUT2D eigenvalue weighted by atomic mass is 10.1. The van der Waals surface area contributed by atoms with Crippen LogP contribution in [-0.4, -0.2) is 16.2 Å². The summed E-state index contributed by atoms with van der Waals surface area (Å²) in [5.41, 5.74) is 0.481. The molecule has 0 atom stereocenters. The monoisotopic (exact) mass is 393 g/mol. The molecule has 0 aliphatic rings. The molecule has 25 heavy (non-hydrogen) atoms. The molecule has 0 aliphatic carbocycles. The molecule has 2 N–H and O–H groups in total. The summed E-state index contributed by atoms with van der Waals surface area (Å²) < 4.78 is 37.9. The van der Waals surface area contributed by atoms with Gasteiger partial charge in [-0.05, 0) is 29.8 Å². The molecule has 0 spiro atoms. The molecule has 0 unspecified atom stereocenters. The number of alkyl halides is 3. The van der Waals surface area contributed by atoms with Gasteiger partial charge in [0.2, 0.25) is 0 Å². The van der Waals surface area contributed by atoms with Gasteiger partial charge in [0.15, 0.2) is 5.75 Å². The van der Waals surface area contributed by atoms with Crippen molar-refractivity contribution in [2.45, 2.75) is 6.18 Å². The zero-order chi connectivity index (χ0) is 18.8. The molecule has 2 rings (SSSR count). The number of hydrogen-bond acceptors (Lipinski definition) is 5. The van der Waals surface area contributed by atoms with Crippen LogP contribution in [0.5, 0.6) is 5.75 Å². The number of aromatic hydroxyl groups is 1. The van der Waals surface area contributed by atoms with E-state index < -0.39 is 22.4 Å². The van der Waals surface area contributed by atoms with E-state index in [0.717, 1.165) is 6.07 Å². The number of hydrogen-bond donors (Lipinski definition) is 2. The van der Waals surface area contributed by atoms with E-state index in [1.165, 1.54) is 18.3 Å². The van der Waals surface area contributed by atoms with Gasteiger partial charge < -0.3 is 5.11 Å². The second-order valence-electron chi connectivity index (χ2n) is 4.69. The molecule has 0 heterocycles. The van der Waals surface area contributed by atoms with Crippen molar-refractivity contribution < 1.29 is 23.2 Å². The van der Waals surface area contributed by atoms with Gasteiger partial charge in [-0.3, -0.25) is 15.5 Å². The molecule has 0 saturated heterocycles. The zero-order valence-corrected chi connectivity index (χ0v) is 13.5. The molecule has 2 aromatic rings. The maximum absolute atomic E-state index is 12.6. The first-order chi connectivity index (χ1) is 11.6. The van der Waals surface area contributed by atoms with Crippen molar-refractivity contribution in [3.63, 3.8) is 0 Å². The molecule has 0 aliphatic heterocycles. The van der Waals surface area contributed by atoms with Crippen LogP contribution in [0.1, 0.15) is 11.1 Å². The van der Waals surface area contributed by atoms with Gasteiger partial charge in [0.1, 0.15) is 5.69 Å². The number of hydrazone groups is 1. The van der Waals surface area contributed by atoms with Crippen LogP contribution < -0.4 is 5.43 Å². The highest BCUT2D eigenvalue weighted by atomic mass is 35.5. The lowest BCUT2D eigenvalue weighted by Crippen LogP contribution is -2.06. The SMILES string of the molecule is O=[N+]([O-])c1cc(C(F)(F)F)ccc1N/N=C\c1cc(Cl)c(O)c(Cl)c1. The second kappa shape index (κ2) is 7.16. The molecule has 132 valence electrons. The summed E-state index contributed by atoms with van der Waals surface area (Å²) in [5.74, 6) is -0.313. The summed E-state index contributed by atoms with van der Waals surface area (Å²) in [4.78, 5) is 9.99. The fourth-order valence-electron chi connectivity index (χ4n) is 1.79. The third-order valence-corrected chi connectivity index (χ3v) is 3.54.